The topological polar surface area (TPSA) is 66.9 Å². The average molecular weight is 222 g/mol. The maximum Gasteiger partial charge on any atom is 0.222 e. The van der Waals surface area contributed by atoms with Gasteiger partial charge in [0.05, 0.1) is 5.69 Å². The Hall–Kier alpha value is -1.49. The second kappa shape index (κ2) is 6.90. The monoisotopic (exact) mass is 222 g/mol. The second-order valence-electron chi connectivity index (χ2n) is 3.82. The van der Waals surface area contributed by atoms with Crippen LogP contribution >= 0.6 is 0 Å². The van der Waals surface area contributed by atoms with Crippen LogP contribution in [0.1, 0.15) is 19.5 Å². The largest absolute Gasteiger partial charge is 0.355 e. The zero-order valence-corrected chi connectivity index (χ0v) is 9.73. The number of amides is 1. The summed E-state index contributed by atoms with van der Waals surface area (Å²) in [4.78, 5) is 19.1. The minimum atomic E-state index is 0.0434. The molecule has 0 fully saturated rings. The van der Waals surface area contributed by atoms with Gasteiger partial charge in [0.2, 0.25) is 5.91 Å². The van der Waals surface area contributed by atoms with Crippen LogP contribution in [0.4, 0.5) is 0 Å². The Kier molecular flexibility index (Phi) is 5.42. The highest BCUT2D eigenvalue weighted by Crippen LogP contribution is 1.90. The van der Waals surface area contributed by atoms with Gasteiger partial charge < -0.3 is 10.6 Å². The van der Waals surface area contributed by atoms with Gasteiger partial charge in [-0.3, -0.25) is 4.79 Å². The van der Waals surface area contributed by atoms with Crippen LogP contribution in [0.2, 0.25) is 0 Å². The summed E-state index contributed by atoms with van der Waals surface area (Å²) in [6.07, 6.45) is 3.24. The Morgan fingerprint density at radius 3 is 2.88 bits per heavy atom. The fraction of sp³-hybridized carbons (Fsp3) is 0.545. The molecule has 1 amide bonds. The van der Waals surface area contributed by atoms with E-state index in [0.717, 1.165) is 12.2 Å². The molecule has 5 heteroatoms. The SMILES string of the molecule is CC(C)C(=O)NCCNCc1ccncn1. The molecule has 0 saturated carbocycles. The highest BCUT2D eigenvalue weighted by molar-refractivity contribution is 5.77. The maximum absolute atomic E-state index is 11.2. The Morgan fingerprint density at radius 2 is 2.25 bits per heavy atom. The molecule has 0 aromatic carbocycles. The third-order valence-electron chi connectivity index (χ3n) is 2.07. The number of carbonyl (C=O) groups excluding carboxylic acids is 1. The first-order chi connectivity index (χ1) is 7.70. The van der Waals surface area contributed by atoms with Crippen molar-refractivity contribution < 1.29 is 4.79 Å². The number of hydrogen-bond acceptors (Lipinski definition) is 4. The Balaban J connectivity index is 2.07. The highest BCUT2D eigenvalue weighted by Gasteiger charge is 2.04. The van der Waals surface area contributed by atoms with Crippen LogP contribution in [0.25, 0.3) is 0 Å². The molecule has 1 rings (SSSR count). The van der Waals surface area contributed by atoms with E-state index in [1.54, 1.807) is 6.20 Å². The van der Waals surface area contributed by atoms with Crippen molar-refractivity contribution in [2.24, 2.45) is 5.92 Å². The summed E-state index contributed by atoms with van der Waals surface area (Å²) in [7, 11) is 0. The first-order valence-corrected chi connectivity index (χ1v) is 5.43. The molecule has 0 unspecified atom stereocenters. The van der Waals surface area contributed by atoms with Gasteiger partial charge in [0.1, 0.15) is 6.33 Å². The lowest BCUT2D eigenvalue weighted by atomic mass is 10.2. The van der Waals surface area contributed by atoms with E-state index < -0.39 is 0 Å². The van der Waals surface area contributed by atoms with Gasteiger partial charge >= 0.3 is 0 Å². The van der Waals surface area contributed by atoms with E-state index in [2.05, 4.69) is 20.6 Å². The minimum Gasteiger partial charge on any atom is -0.355 e. The summed E-state index contributed by atoms with van der Waals surface area (Å²) in [5, 5.41) is 6.03. The van der Waals surface area contributed by atoms with Crippen molar-refractivity contribution >= 4 is 5.91 Å². The summed E-state index contributed by atoms with van der Waals surface area (Å²) in [6.45, 7) is 5.83. The lowest BCUT2D eigenvalue weighted by Gasteiger charge is -2.08. The van der Waals surface area contributed by atoms with E-state index >= 15 is 0 Å². The molecular weight excluding hydrogens is 204 g/mol. The van der Waals surface area contributed by atoms with E-state index in [1.165, 1.54) is 6.33 Å². The molecule has 2 N–H and O–H groups in total. The molecule has 0 aliphatic rings. The van der Waals surface area contributed by atoms with Gasteiger partial charge in [-0.2, -0.15) is 0 Å². The van der Waals surface area contributed by atoms with Crippen molar-refractivity contribution in [3.63, 3.8) is 0 Å². The molecule has 0 spiro atoms. The fourth-order valence-corrected chi connectivity index (χ4v) is 1.12. The molecule has 1 aromatic heterocycles. The third kappa shape index (κ3) is 4.84. The standard InChI is InChI=1S/C11H18N4O/c1-9(2)11(16)14-6-5-12-7-10-3-4-13-8-15-10/h3-4,8-9,12H,5-7H2,1-2H3,(H,14,16). The summed E-state index contributed by atoms with van der Waals surface area (Å²) >= 11 is 0. The van der Waals surface area contributed by atoms with Crippen molar-refractivity contribution in [3.8, 4) is 0 Å². The molecular formula is C11H18N4O. The molecule has 0 aliphatic heterocycles. The highest BCUT2D eigenvalue weighted by atomic mass is 16.1. The zero-order chi connectivity index (χ0) is 11.8. The summed E-state index contributed by atoms with van der Waals surface area (Å²) in [5.74, 6) is 0.130. The predicted octanol–water partition coefficient (Wildman–Crippen LogP) is 0.338. The van der Waals surface area contributed by atoms with Crippen LogP contribution in [-0.4, -0.2) is 29.0 Å². The lowest BCUT2D eigenvalue weighted by molar-refractivity contribution is -0.123. The first-order valence-electron chi connectivity index (χ1n) is 5.43. The van der Waals surface area contributed by atoms with Crippen LogP contribution in [0, 0.1) is 5.92 Å². The Bertz CT molecular complexity index is 313. The summed E-state index contributed by atoms with van der Waals surface area (Å²) in [5.41, 5.74) is 0.949. The van der Waals surface area contributed by atoms with E-state index in [4.69, 9.17) is 0 Å². The molecule has 0 saturated heterocycles. The van der Waals surface area contributed by atoms with Crippen LogP contribution in [-0.2, 0) is 11.3 Å². The normalized spacial score (nSPS) is 10.4. The van der Waals surface area contributed by atoms with Gasteiger partial charge in [0.25, 0.3) is 0 Å². The van der Waals surface area contributed by atoms with Gasteiger partial charge in [0.15, 0.2) is 0 Å². The quantitative estimate of drug-likeness (QED) is 0.681. The number of hydrogen-bond donors (Lipinski definition) is 2. The van der Waals surface area contributed by atoms with Crippen molar-refractivity contribution in [2.45, 2.75) is 20.4 Å². The Morgan fingerprint density at radius 1 is 1.44 bits per heavy atom. The molecule has 16 heavy (non-hydrogen) atoms. The molecule has 88 valence electrons. The van der Waals surface area contributed by atoms with Gasteiger partial charge in [-0.25, -0.2) is 9.97 Å². The molecule has 5 nitrogen and oxygen atoms in total. The number of aromatic nitrogens is 2. The second-order valence-corrected chi connectivity index (χ2v) is 3.82. The molecule has 1 heterocycles. The van der Waals surface area contributed by atoms with E-state index in [1.807, 2.05) is 19.9 Å². The smallest absolute Gasteiger partial charge is 0.222 e. The number of carbonyl (C=O) groups is 1. The van der Waals surface area contributed by atoms with Crippen molar-refractivity contribution in [3.05, 3.63) is 24.3 Å². The van der Waals surface area contributed by atoms with E-state index in [0.29, 0.717) is 13.1 Å². The number of nitrogens with zero attached hydrogens (tertiary/aromatic N) is 2. The van der Waals surface area contributed by atoms with Crippen molar-refractivity contribution in [1.82, 2.24) is 20.6 Å². The summed E-state index contributed by atoms with van der Waals surface area (Å²) < 4.78 is 0. The molecule has 0 radical (unpaired) electrons. The maximum atomic E-state index is 11.2. The first kappa shape index (κ1) is 12.6. The van der Waals surface area contributed by atoms with E-state index in [9.17, 15) is 4.79 Å². The molecule has 0 bridgehead atoms. The van der Waals surface area contributed by atoms with Gasteiger partial charge in [-0.1, -0.05) is 13.8 Å². The molecule has 0 atom stereocenters. The minimum absolute atomic E-state index is 0.0434. The van der Waals surface area contributed by atoms with E-state index in [-0.39, 0.29) is 11.8 Å². The Labute approximate surface area is 95.7 Å². The molecule has 0 aliphatic carbocycles. The van der Waals surface area contributed by atoms with Crippen molar-refractivity contribution in [2.75, 3.05) is 13.1 Å². The van der Waals surface area contributed by atoms with Gasteiger partial charge in [0, 0.05) is 31.7 Å². The number of nitrogens with one attached hydrogen (secondary N) is 2. The van der Waals surface area contributed by atoms with Crippen molar-refractivity contribution in [1.29, 1.82) is 0 Å². The number of rotatable bonds is 6. The predicted molar refractivity (Wildman–Crippen MR) is 61.6 cm³/mol. The summed E-state index contributed by atoms with van der Waals surface area (Å²) in [6, 6.07) is 1.86. The fourth-order valence-electron chi connectivity index (χ4n) is 1.12. The lowest BCUT2D eigenvalue weighted by Crippen LogP contribution is -2.34. The molecule has 1 aromatic rings. The van der Waals surface area contributed by atoms with Gasteiger partial charge in [-0.15, -0.1) is 0 Å². The third-order valence-corrected chi connectivity index (χ3v) is 2.07. The average Bonchev–Trinajstić information content (AvgIpc) is 2.29. The van der Waals surface area contributed by atoms with Crippen LogP contribution in [0.15, 0.2) is 18.6 Å². The van der Waals surface area contributed by atoms with Crippen LogP contribution in [0.5, 0.6) is 0 Å². The van der Waals surface area contributed by atoms with Crippen LogP contribution < -0.4 is 10.6 Å². The zero-order valence-electron chi connectivity index (χ0n) is 9.73. The van der Waals surface area contributed by atoms with Gasteiger partial charge in [-0.05, 0) is 6.07 Å². The van der Waals surface area contributed by atoms with Crippen LogP contribution in [0.3, 0.4) is 0 Å².